The minimum absolute atomic E-state index is 0.144. The van der Waals surface area contributed by atoms with E-state index in [-0.39, 0.29) is 24.2 Å². The second kappa shape index (κ2) is 4.66. The summed E-state index contributed by atoms with van der Waals surface area (Å²) in [5, 5.41) is 3.29. The minimum Gasteiger partial charge on any atom is -0.455 e. The topological polar surface area (TPSA) is 38.3 Å². The first-order chi connectivity index (χ1) is 7.72. The van der Waals surface area contributed by atoms with Crippen molar-refractivity contribution in [3.63, 3.8) is 0 Å². The highest BCUT2D eigenvalue weighted by molar-refractivity contribution is 5.77. The standard InChI is InChI=1S/C13H17NO2/c1-3-11-13(15)16-12(9(2)14-11)10-7-5-4-6-8-10/h4-9,11-12,14H,3H2,1-2H3/t9-,11-,12-/m1/s1. The average molecular weight is 219 g/mol. The highest BCUT2D eigenvalue weighted by Crippen LogP contribution is 2.26. The van der Waals surface area contributed by atoms with Crippen molar-refractivity contribution in [2.24, 2.45) is 0 Å². The van der Waals surface area contributed by atoms with E-state index in [1.165, 1.54) is 0 Å². The van der Waals surface area contributed by atoms with Crippen molar-refractivity contribution in [2.75, 3.05) is 0 Å². The van der Waals surface area contributed by atoms with Crippen LogP contribution in [-0.2, 0) is 9.53 Å². The second-order valence-electron chi connectivity index (χ2n) is 4.18. The van der Waals surface area contributed by atoms with Gasteiger partial charge >= 0.3 is 5.97 Å². The molecule has 0 radical (unpaired) electrons. The Balaban J connectivity index is 2.16. The van der Waals surface area contributed by atoms with Gasteiger partial charge in [-0.15, -0.1) is 0 Å². The van der Waals surface area contributed by atoms with Crippen LogP contribution in [0.25, 0.3) is 0 Å². The van der Waals surface area contributed by atoms with Crippen LogP contribution >= 0.6 is 0 Å². The predicted molar refractivity (Wildman–Crippen MR) is 62.0 cm³/mol. The van der Waals surface area contributed by atoms with Gasteiger partial charge in [0.1, 0.15) is 12.1 Å². The van der Waals surface area contributed by atoms with Gasteiger partial charge in [0.25, 0.3) is 0 Å². The number of cyclic esters (lactones) is 1. The molecule has 1 N–H and O–H groups in total. The Labute approximate surface area is 95.8 Å². The zero-order valence-corrected chi connectivity index (χ0v) is 9.64. The summed E-state index contributed by atoms with van der Waals surface area (Å²) in [5.74, 6) is -0.144. The molecule has 1 aliphatic heterocycles. The third-order valence-corrected chi connectivity index (χ3v) is 2.98. The first-order valence-corrected chi connectivity index (χ1v) is 5.74. The first-order valence-electron chi connectivity index (χ1n) is 5.74. The maximum atomic E-state index is 11.7. The third-order valence-electron chi connectivity index (χ3n) is 2.98. The third kappa shape index (κ3) is 2.09. The molecule has 3 nitrogen and oxygen atoms in total. The number of morpholine rings is 1. The number of rotatable bonds is 2. The van der Waals surface area contributed by atoms with E-state index in [0.29, 0.717) is 0 Å². The zero-order valence-electron chi connectivity index (χ0n) is 9.64. The largest absolute Gasteiger partial charge is 0.455 e. The number of benzene rings is 1. The van der Waals surface area contributed by atoms with Crippen molar-refractivity contribution in [1.29, 1.82) is 0 Å². The van der Waals surface area contributed by atoms with Gasteiger partial charge in [0, 0.05) is 6.04 Å². The Kier molecular flexibility index (Phi) is 3.25. The molecule has 1 aromatic rings. The van der Waals surface area contributed by atoms with Gasteiger partial charge in [-0.3, -0.25) is 10.1 Å². The van der Waals surface area contributed by atoms with E-state index < -0.39 is 0 Å². The zero-order chi connectivity index (χ0) is 11.5. The molecule has 1 saturated heterocycles. The van der Waals surface area contributed by atoms with Gasteiger partial charge in [0.2, 0.25) is 0 Å². The summed E-state index contributed by atoms with van der Waals surface area (Å²) in [6.07, 6.45) is 0.599. The van der Waals surface area contributed by atoms with Crippen LogP contribution in [0.1, 0.15) is 31.9 Å². The average Bonchev–Trinajstić information content (AvgIpc) is 2.32. The summed E-state index contributed by atoms with van der Waals surface area (Å²) < 4.78 is 5.49. The molecule has 0 aliphatic carbocycles. The summed E-state index contributed by atoms with van der Waals surface area (Å²) in [5.41, 5.74) is 1.05. The molecular weight excluding hydrogens is 202 g/mol. The summed E-state index contributed by atoms with van der Waals surface area (Å²) in [6, 6.07) is 9.86. The lowest BCUT2D eigenvalue weighted by Crippen LogP contribution is -2.51. The van der Waals surface area contributed by atoms with Gasteiger partial charge in [-0.25, -0.2) is 0 Å². The van der Waals surface area contributed by atoms with Gasteiger partial charge in [-0.1, -0.05) is 37.3 Å². The van der Waals surface area contributed by atoms with Crippen LogP contribution in [0.5, 0.6) is 0 Å². The highest BCUT2D eigenvalue weighted by Gasteiger charge is 2.34. The predicted octanol–water partition coefficient (Wildman–Crippen LogP) is 2.04. The molecule has 0 aromatic heterocycles. The Morgan fingerprint density at radius 1 is 1.31 bits per heavy atom. The van der Waals surface area contributed by atoms with E-state index in [4.69, 9.17) is 4.74 Å². The molecule has 1 heterocycles. The van der Waals surface area contributed by atoms with Crippen LogP contribution in [0.3, 0.4) is 0 Å². The van der Waals surface area contributed by atoms with Gasteiger partial charge in [-0.05, 0) is 18.9 Å². The molecule has 0 bridgehead atoms. The normalized spacial score (nSPS) is 29.9. The van der Waals surface area contributed by atoms with E-state index in [9.17, 15) is 4.79 Å². The Morgan fingerprint density at radius 3 is 2.62 bits per heavy atom. The maximum absolute atomic E-state index is 11.7. The fourth-order valence-corrected chi connectivity index (χ4v) is 2.07. The molecule has 2 rings (SSSR count). The van der Waals surface area contributed by atoms with Crippen molar-refractivity contribution in [2.45, 2.75) is 38.5 Å². The fraction of sp³-hybridized carbons (Fsp3) is 0.462. The number of ether oxygens (including phenoxy) is 1. The number of carbonyl (C=O) groups is 1. The van der Waals surface area contributed by atoms with Crippen molar-refractivity contribution >= 4 is 5.97 Å². The van der Waals surface area contributed by atoms with Gasteiger partial charge in [0.15, 0.2) is 0 Å². The van der Waals surface area contributed by atoms with Crippen LogP contribution in [0.4, 0.5) is 0 Å². The van der Waals surface area contributed by atoms with E-state index in [0.717, 1.165) is 12.0 Å². The molecule has 0 amide bonds. The number of hydrogen-bond acceptors (Lipinski definition) is 3. The molecule has 3 atom stereocenters. The molecule has 0 unspecified atom stereocenters. The number of nitrogens with one attached hydrogen (secondary N) is 1. The Morgan fingerprint density at radius 2 is 2.00 bits per heavy atom. The van der Waals surface area contributed by atoms with Gasteiger partial charge in [0.05, 0.1) is 0 Å². The maximum Gasteiger partial charge on any atom is 0.323 e. The number of esters is 1. The Bertz CT molecular complexity index is 363. The molecule has 16 heavy (non-hydrogen) atoms. The van der Waals surface area contributed by atoms with Crippen molar-refractivity contribution < 1.29 is 9.53 Å². The highest BCUT2D eigenvalue weighted by atomic mass is 16.5. The quantitative estimate of drug-likeness (QED) is 0.773. The molecule has 1 fully saturated rings. The summed E-state index contributed by atoms with van der Waals surface area (Å²) in [6.45, 7) is 4.03. The molecular formula is C13H17NO2. The monoisotopic (exact) mass is 219 g/mol. The second-order valence-corrected chi connectivity index (χ2v) is 4.18. The van der Waals surface area contributed by atoms with E-state index in [2.05, 4.69) is 5.32 Å². The first kappa shape index (κ1) is 11.1. The van der Waals surface area contributed by atoms with E-state index in [1.807, 2.05) is 44.2 Å². The molecule has 86 valence electrons. The molecule has 0 spiro atoms. The van der Waals surface area contributed by atoms with E-state index in [1.54, 1.807) is 0 Å². The smallest absolute Gasteiger partial charge is 0.323 e. The SMILES string of the molecule is CC[C@H]1N[C@H](C)[C@H](c2ccccc2)OC1=O. The van der Waals surface area contributed by atoms with Crippen molar-refractivity contribution in [3.8, 4) is 0 Å². The summed E-state index contributed by atoms with van der Waals surface area (Å²) >= 11 is 0. The fourth-order valence-electron chi connectivity index (χ4n) is 2.07. The Hall–Kier alpha value is -1.35. The van der Waals surface area contributed by atoms with Crippen molar-refractivity contribution in [3.05, 3.63) is 35.9 Å². The lowest BCUT2D eigenvalue weighted by atomic mass is 10.00. The van der Waals surface area contributed by atoms with E-state index >= 15 is 0 Å². The minimum atomic E-state index is -0.170. The number of hydrogen-bond donors (Lipinski definition) is 1. The molecule has 1 aromatic carbocycles. The van der Waals surface area contributed by atoms with Crippen LogP contribution in [0.15, 0.2) is 30.3 Å². The van der Waals surface area contributed by atoms with Crippen LogP contribution in [0.2, 0.25) is 0 Å². The van der Waals surface area contributed by atoms with Crippen LogP contribution < -0.4 is 5.32 Å². The van der Waals surface area contributed by atoms with Crippen LogP contribution in [0, 0.1) is 0 Å². The van der Waals surface area contributed by atoms with Crippen molar-refractivity contribution in [1.82, 2.24) is 5.32 Å². The molecule has 3 heteroatoms. The van der Waals surface area contributed by atoms with Gasteiger partial charge < -0.3 is 4.74 Å². The van der Waals surface area contributed by atoms with Crippen LogP contribution in [-0.4, -0.2) is 18.1 Å². The summed E-state index contributed by atoms with van der Waals surface area (Å²) in [7, 11) is 0. The summed E-state index contributed by atoms with van der Waals surface area (Å²) in [4.78, 5) is 11.7. The molecule has 1 aliphatic rings. The lowest BCUT2D eigenvalue weighted by molar-refractivity contribution is -0.160. The van der Waals surface area contributed by atoms with Gasteiger partial charge in [-0.2, -0.15) is 0 Å². The lowest BCUT2D eigenvalue weighted by Gasteiger charge is -2.34. The molecule has 0 saturated carbocycles. The number of carbonyl (C=O) groups excluding carboxylic acids is 1.